The molecule has 2 aromatic rings. The summed E-state index contributed by atoms with van der Waals surface area (Å²) in [4.78, 5) is 31.0. The van der Waals surface area contributed by atoms with Gasteiger partial charge in [0.2, 0.25) is 0 Å². The van der Waals surface area contributed by atoms with Crippen LogP contribution in [0.3, 0.4) is 0 Å². The van der Waals surface area contributed by atoms with Crippen molar-refractivity contribution in [2.75, 3.05) is 37.6 Å². The molecule has 11 nitrogen and oxygen atoms in total. The highest BCUT2D eigenvalue weighted by atomic mass is 19.4. The van der Waals surface area contributed by atoms with Gasteiger partial charge in [0.05, 0.1) is 12.1 Å². The lowest BCUT2D eigenvalue weighted by molar-refractivity contribution is -0.389. The van der Waals surface area contributed by atoms with Gasteiger partial charge in [0.25, 0.3) is 0 Å². The Labute approximate surface area is 223 Å². The van der Waals surface area contributed by atoms with Crippen LogP contribution in [0.4, 0.5) is 29.5 Å². The third-order valence-electron chi connectivity index (χ3n) is 7.50. The average molecular weight is 553 g/mol. The fraction of sp³-hybridized carbons (Fsp3) is 0.600. The van der Waals surface area contributed by atoms with Gasteiger partial charge in [-0.25, -0.2) is 4.79 Å². The molecule has 1 N–H and O–H groups in total. The maximum atomic E-state index is 12.8. The standard InChI is InChI=1S/C25H31F3N6O5/c1-24(16-33-14-21(34(36)37)30-22(33)39-24)15-31-10-6-18(7-11-31)29-23(35)38-20-8-12-32(13-9-20)19-4-2-17(3-5-19)25(26,27)28/h2-5,14,18,20H,6-13,15-16H2,1H3,(H,29,35)/t24-/m0/s1. The van der Waals surface area contributed by atoms with Crippen molar-refractivity contribution in [1.82, 2.24) is 19.8 Å². The molecular weight excluding hydrogens is 521 g/mol. The van der Waals surface area contributed by atoms with Crippen LogP contribution in [0, 0.1) is 10.1 Å². The van der Waals surface area contributed by atoms with Crippen molar-refractivity contribution < 1.29 is 32.4 Å². The zero-order valence-electron chi connectivity index (χ0n) is 21.5. The summed E-state index contributed by atoms with van der Waals surface area (Å²) >= 11 is 0. The number of imidazole rings is 1. The van der Waals surface area contributed by atoms with Crippen LogP contribution < -0.4 is 15.0 Å². The normalized spacial score (nSPS) is 22.8. The largest absolute Gasteiger partial charge is 0.446 e. The molecule has 212 valence electrons. The van der Waals surface area contributed by atoms with E-state index in [1.165, 1.54) is 18.3 Å². The Morgan fingerprint density at radius 1 is 1.18 bits per heavy atom. The third kappa shape index (κ3) is 6.37. The summed E-state index contributed by atoms with van der Waals surface area (Å²) in [5.74, 6) is -0.226. The van der Waals surface area contributed by atoms with Crippen molar-refractivity contribution in [3.8, 4) is 6.01 Å². The molecule has 1 aromatic carbocycles. The van der Waals surface area contributed by atoms with Crippen molar-refractivity contribution in [1.29, 1.82) is 0 Å². The molecule has 5 rings (SSSR count). The zero-order chi connectivity index (χ0) is 27.8. The van der Waals surface area contributed by atoms with Crippen molar-refractivity contribution in [2.24, 2.45) is 0 Å². The fourth-order valence-corrected chi connectivity index (χ4v) is 5.52. The Morgan fingerprint density at radius 3 is 2.44 bits per heavy atom. The van der Waals surface area contributed by atoms with E-state index in [4.69, 9.17) is 9.47 Å². The van der Waals surface area contributed by atoms with E-state index in [2.05, 4.69) is 15.2 Å². The second kappa shape index (κ2) is 10.5. The number of anilines is 1. The number of carbonyl (C=O) groups is 1. The van der Waals surface area contributed by atoms with E-state index in [9.17, 15) is 28.1 Å². The number of amides is 1. The number of hydrogen-bond donors (Lipinski definition) is 1. The number of halogens is 3. The minimum atomic E-state index is -4.36. The number of carbonyl (C=O) groups excluding carboxylic acids is 1. The fourth-order valence-electron chi connectivity index (χ4n) is 5.52. The van der Waals surface area contributed by atoms with Gasteiger partial charge in [0.15, 0.2) is 0 Å². The molecule has 0 aliphatic carbocycles. The predicted octanol–water partition coefficient (Wildman–Crippen LogP) is 3.82. The SMILES string of the molecule is C[C@]1(CN2CCC(NC(=O)OC3CCN(c4ccc(C(F)(F)F)cc4)CC3)CC2)Cn2cc([N+](=O)[O-])nc2O1. The molecule has 1 amide bonds. The Balaban J connectivity index is 1.01. The van der Waals surface area contributed by atoms with Crippen LogP contribution in [0.5, 0.6) is 6.01 Å². The maximum absolute atomic E-state index is 12.8. The lowest BCUT2D eigenvalue weighted by Crippen LogP contribution is -2.51. The molecule has 39 heavy (non-hydrogen) atoms. The molecule has 14 heteroatoms. The van der Waals surface area contributed by atoms with Crippen molar-refractivity contribution >= 4 is 17.6 Å². The predicted molar refractivity (Wildman–Crippen MR) is 134 cm³/mol. The Kier molecular flexibility index (Phi) is 7.31. The first-order chi connectivity index (χ1) is 18.5. The molecule has 0 bridgehead atoms. The van der Waals surface area contributed by atoms with Gasteiger partial charge in [-0.05, 0) is 49.0 Å². The van der Waals surface area contributed by atoms with E-state index in [1.54, 1.807) is 4.57 Å². The summed E-state index contributed by atoms with van der Waals surface area (Å²) in [6, 6.07) is 5.37. The lowest BCUT2D eigenvalue weighted by atomic mass is 10.0. The van der Waals surface area contributed by atoms with E-state index in [0.29, 0.717) is 39.0 Å². The third-order valence-corrected chi connectivity index (χ3v) is 7.50. The minimum Gasteiger partial charge on any atom is -0.446 e. The quantitative estimate of drug-likeness (QED) is 0.425. The summed E-state index contributed by atoms with van der Waals surface area (Å²) < 4.78 is 51.6. The summed E-state index contributed by atoms with van der Waals surface area (Å²) in [5, 5.41) is 13.9. The number of likely N-dealkylation sites (tertiary alicyclic amines) is 1. The van der Waals surface area contributed by atoms with Gasteiger partial charge in [0.1, 0.15) is 17.9 Å². The Bertz CT molecular complexity index is 1160. The van der Waals surface area contributed by atoms with Crippen LogP contribution in [0.1, 0.15) is 38.2 Å². The van der Waals surface area contributed by atoms with Crippen LogP contribution in [0.2, 0.25) is 0 Å². The summed E-state index contributed by atoms with van der Waals surface area (Å²) in [6.07, 6.45) is -0.929. The molecule has 0 radical (unpaired) electrons. The number of nitrogens with one attached hydrogen (secondary N) is 1. The van der Waals surface area contributed by atoms with Gasteiger partial charge in [-0.2, -0.15) is 13.2 Å². The highest BCUT2D eigenvalue weighted by molar-refractivity contribution is 5.67. The van der Waals surface area contributed by atoms with Gasteiger partial charge in [-0.1, -0.05) is 0 Å². The molecule has 3 aliphatic rings. The number of ether oxygens (including phenoxy) is 2. The number of nitrogens with zero attached hydrogens (tertiary/aromatic N) is 5. The van der Waals surface area contributed by atoms with E-state index in [-0.39, 0.29) is 24.0 Å². The summed E-state index contributed by atoms with van der Waals surface area (Å²) in [5.41, 5.74) is -0.485. The van der Waals surface area contributed by atoms with Gasteiger partial charge in [-0.3, -0.25) is 9.47 Å². The Hall–Kier alpha value is -3.55. The minimum absolute atomic E-state index is 0.00335. The summed E-state index contributed by atoms with van der Waals surface area (Å²) in [6.45, 7) is 5.78. The van der Waals surface area contributed by atoms with Gasteiger partial charge < -0.3 is 29.8 Å². The zero-order valence-corrected chi connectivity index (χ0v) is 21.5. The number of alkyl halides is 3. The first-order valence-corrected chi connectivity index (χ1v) is 13.0. The molecule has 0 spiro atoms. The number of hydrogen-bond acceptors (Lipinski definition) is 8. The first-order valence-electron chi connectivity index (χ1n) is 13.0. The molecule has 2 fully saturated rings. The number of benzene rings is 1. The van der Waals surface area contributed by atoms with Crippen LogP contribution in [0.25, 0.3) is 0 Å². The maximum Gasteiger partial charge on any atom is 0.416 e. The highest BCUT2D eigenvalue weighted by Crippen LogP contribution is 2.33. The topological polar surface area (TPSA) is 115 Å². The molecule has 4 heterocycles. The van der Waals surface area contributed by atoms with Crippen LogP contribution in [-0.4, -0.2) is 75.9 Å². The van der Waals surface area contributed by atoms with E-state index >= 15 is 0 Å². The molecule has 0 unspecified atom stereocenters. The molecule has 1 aromatic heterocycles. The van der Waals surface area contributed by atoms with Gasteiger partial charge >= 0.3 is 24.1 Å². The van der Waals surface area contributed by atoms with E-state index < -0.39 is 28.4 Å². The second-order valence-electron chi connectivity index (χ2n) is 10.6. The monoisotopic (exact) mass is 552 g/mol. The average Bonchev–Trinajstić information content (AvgIpc) is 3.40. The summed E-state index contributed by atoms with van der Waals surface area (Å²) in [7, 11) is 0. The van der Waals surface area contributed by atoms with Crippen molar-refractivity contribution in [3.05, 3.63) is 46.1 Å². The number of piperidine rings is 2. The number of aromatic nitrogens is 2. The molecule has 3 aliphatic heterocycles. The highest BCUT2D eigenvalue weighted by Gasteiger charge is 2.42. The van der Waals surface area contributed by atoms with Gasteiger partial charge in [0, 0.05) is 62.3 Å². The van der Waals surface area contributed by atoms with E-state index in [1.807, 2.05) is 11.8 Å². The number of rotatable bonds is 6. The number of fused-ring (bicyclic) bond motifs is 1. The van der Waals surface area contributed by atoms with Crippen LogP contribution in [-0.2, 0) is 17.5 Å². The van der Waals surface area contributed by atoms with Crippen molar-refractivity contribution in [2.45, 2.75) is 63.1 Å². The van der Waals surface area contributed by atoms with E-state index in [0.717, 1.165) is 43.8 Å². The van der Waals surface area contributed by atoms with Crippen LogP contribution >= 0.6 is 0 Å². The second-order valence-corrected chi connectivity index (χ2v) is 10.6. The Morgan fingerprint density at radius 2 is 1.85 bits per heavy atom. The molecule has 2 saturated heterocycles. The number of alkyl carbamates (subject to hydrolysis) is 1. The van der Waals surface area contributed by atoms with Crippen LogP contribution in [0.15, 0.2) is 30.5 Å². The smallest absolute Gasteiger partial charge is 0.416 e. The van der Waals surface area contributed by atoms with Crippen molar-refractivity contribution in [3.63, 3.8) is 0 Å². The number of nitro groups is 1. The molecule has 0 saturated carbocycles. The molecule has 1 atom stereocenters. The molecular formula is C25H31F3N6O5. The lowest BCUT2D eigenvalue weighted by Gasteiger charge is -2.37. The van der Waals surface area contributed by atoms with Gasteiger partial charge in [-0.15, -0.1) is 0 Å². The first kappa shape index (κ1) is 27.0.